The fourth-order valence-electron chi connectivity index (χ4n) is 1.48. The molecule has 0 aromatic carbocycles. The maximum absolute atomic E-state index is 10.2. The number of carbonyl (C=O) groups excluding carboxylic acids is 1. The summed E-state index contributed by atoms with van der Waals surface area (Å²) in [4.78, 5) is 10.2. The second-order valence-electron chi connectivity index (χ2n) is 2.98. The van der Waals surface area contributed by atoms with E-state index in [2.05, 4.69) is 13.0 Å². The summed E-state index contributed by atoms with van der Waals surface area (Å²) >= 11 is 0. The summed E-state index contributed by atoms with van der Waals surface area (Å²) in [7, 11) is 0. The van der Waals surface area contributed by atoms with Gasteiger partial charge in [0, 0.05) is 6.42 Å². The van der Waals surface area contributed by atoms with E-state index in [1.165, 1.54) is 24.8 Å². The fraction of sp³-hybridized carbons (Fsp3) is 0.667. The lowest BCUT2D eigenvalue weighted by Gasteiger charge is -2.18. The third-order valence-electron chi connectivity index (χ3n) is 2.20. The summed E-state index contributed by atoms with van der Waals surface area (Å²) in [5.74, 6) is 0.652. The van der Waals surface area contributed by atoms with Gasteiger partial charge in [0.15, 0.2) is 0 Å². The van der Waals surface area contributed by atoms with Gasteiger partial charge < -0.3 is 4.79 Å². The molecule has 0 aliphatic heterocycles. The molecule has 1 aliphatic carbocycles. The highest BCUT2D eigenvalue weighted by atomic mass is 16.1. The summed E-state index contributed by atoms with van der Waals surface area (Å²) in [6.07, 6.45) is 7.62. The molecule has 0 aromatic rings. The topological polar surface area (TPSA) is 17.1 Å². The van der Waals surface area contributed by atoms with Crippen LogP contribution in [-0.2, 0) is 4.79 Å². The highest BCUT2D eigenvalue weighted by Gasteiger charge is 2.11. The standard InChI is InChI=1S/C9H14O/c1-8-4-2-3-5-9(8)6-7-10/h5,7-8H,2-4,6H2,1H3. The molecule has 0 spiro atoms. The summed E-state index contributed by atoms with van der Waals surface area (Å²) in [6, 6.07) is 0. The molecular weight excluding hydrogens is 124 g/mol. The van der Waals surface area contributed by atoms with Gasteiger partial charge in [-0.15, -0.1) is 0 Å². The maximum atomic E-state index is 10.2. The molecule has 0 bridgehead atoms. The molecule has 0 aromatic heterocycles. The molecule has 1 atom stereocenters. The Bertz CT molecular complexity index is 147. The molecular formula is C9H14O. The van der Waals surface area contributed by atoms with Crippen LogP contribution in [0, 0.1) is 5.92 Å². The average molecular weight is 138 g/mol. The Balaban J connectivity index is 2.52. The van der Waals surface area contributed by atoms with Gasteiger partial charge >= 0.3 is 0 Å². The van der Waals surface area contributed by atoms with Crippen LogP contribution in [0.3, 0.4) is 0 Å². The van der Waals surface area contributed by atoms with Gasteiger partial charge in [-0.25, -0.2) is 0 Å². The summed E-state index contributed by atoms with van der Waals surface area (Å²) in [5, 5.41) is 0. The van der Waals surface area contributed by atoms with Gasteiger partial charge in [-0.1, -0.05) is 18.6 Å². The average Bonchev–Trinajstić information content (AvgIpc) is 1.94. The molecule has 1 unspecified atom stereocenters. The van der Waals surface area contributed by atoms with Crippen LogP contribution >= 0.6 is 0 Å². The van der Waals surface area contributed by atoms with E-state index in [-0.39, 0.29) is 0 Å². The second-order valence-corrected chi connectivity index (χ2v) is 2.98. The number of allylic oxidation sites excluding steroid dienone is 2. The first kappa shape index (κ1) is 7.52. The molecule has 1 nitrogen and oxygen atoms in total. The maximum Gasteiger partial charge on any atom is 0.124 e. The van der Waals surface area contributed by atoms with Crippen molar-refractivity contribution in [3.8, 4) is 0 Å². The minimum atomic E-state index is 0.652. The molecule has 56 valence electrons. The first-order valence-electron chi connectivity index (χ1n) is 3.97. The normalized spacial score (nSPS) is 25.7. The smallest absolute Gasteiger partial charge is 0.124 e. The molecule has 0 fully saturated rings. The molecule has 1 rings (SSSR count). The summed E-state index contributed by atoms with van der Waals surface area (Å²) in [5.41, 5.74) is 1.35. The van der Waals surface area contributed by atoms with Gasteiger partial charge in [-0.05, 0) is 25.2 Å². The zero-order valence-corrected chi connectivity index (χ0v) is 6.47. The van der Waals surface area contributed by atoms with E-state index in [0.717, 1.165) is 6.29 Å². The zero-order chi connectivity index (χ0) is 7.40. The van der Waals surface area contributed by atoms with Gasteiger partial charge in [0.05, 0.1) is 0 Å². The largest absolute Gasteiger partial charge is 0.303 e. The van der Waals surface area contributed by atoms with E-state index in [1.807, 2.05) is 0 Å². The predicted molar refractivity (Wildman–Crippen MR) is 41.8 cm³/mol. The van der Waals surface area contributed by atoms with Crippen LogP contribution < -0.4 is 0 Å². The van der Waals surface area contributed by atoms with E-state index in [0.29, 0.717) is 12.3 Å². The van der Waals surface area contributed by atoms with Crippen molar-refractivity contribution in [1.29, 1.82) is 0 Å². The van der Waals surface area contributed by atoms with Gasteiger partial charge in [0.25, 0.3) is 0 Å². The van der Waals surface area contributed by atoms with E-state index in [1.54, 1.807) is 0 Å². The van der Waals surface area contributed by atoms with E-state index < -0.39 is 0 Å². The Morgan fingerprint density at radius 2 is 2.60 bits per heavy atom. The minimum absolute atomic E-state index is 0.652. The third kappa shape index (κ3) is 1.69. The lowest BCUT2D eigenvalue weighted by Crippen LogP contribution is -2.04. The molecule has 0 radical (unpaired) electrons. The van der Waals surface area contributed by atoms with Crippen LogP contribution in [0.2, 0.25) is 0 Å². The molecule has 1 heteroatoms. The molecule has 0 saturated heterocycles. The Hall–Kier alpha value is -0.590. The summed E-state index contributed by atoms with van der Waals surface area (Å²) < 4.78 is 0. The van der Waals surface area contributed by atoms with Crippen molar-refractivity contribution >= 4 is 6.29 Å². The van der Waals surface area contributed by atoms with Crippen molar-refractivity contribution in [2.75, 3.05) is 0 Å². The fourth-order valence-corrected chi connectivity index (χ4v) is 1.48. The lowest BCUT2D eigenvalue weighted by atomic mass is 9.88. The summed E-state index contributed by atoms with van der Waals surface area (Å²) in [6.45, 7) is 2.20. The minimum Gasteiger partial charge on any atom is -0.303 e. The van der Waals surface area contributed by atoms with Crippen molar-refractivity contribution < 1.29 is 4.79 Å². The van der Waals surface area contributed by atoms with Crippen LogP contribution in [-0.4, -0.2) is 6.29 Å². The Morgan fingerprint density at radius 1 is 1.80 bits per heavy atom. The third-order valence-corrected chi connectivity index (χ3v) is 2.20. The Kier molecular flexibility index (Phi) is 2.67. The molecule has 0 saturated carbocycles. The number of carbonyl (C=O) groups is 1. The van der Waals surface area contributed by atoms with Crippen molar-refractivity contribution in [3.63, 3.8) is 0 Å². The van der Waals surface area contributed by atoms with Crippen LogP contribution in [0.25, 0.3) is 0 Å². The molecule has 10 heavy (non-hydrogen) atoms. The van der Waals surface area contributed by atoms with Crippen molar-refractivity contribution in [3.05, 3.63) is 11.6 Å². The molecule has 0 heterocycles. The molecule has 0 N–H and O–H groups in total. The molecule has 0 amide bonds. The van der Waals surface area contributed by atoms with Gasteiger partial charge in [-0.3, -0.25) is 0 Å². The highest BCUT2D eigenvalue weighted by molar-refractivity contribution is 5.54. The van der Waals surface area contributed by atoms with Gasteiger partial charge in [-0.2, -0.15) is 0 Å². The van der Waals surface area contributed by atoms with Crippen LogP contribution in [0.1, 0.15) is 32.6 Å². The predicted octanol–water partition coefficient (Wildman–Crippen LogP) is 2.32. The number of hydrogen-bond acceptors (Lipinski definition) is 1. The van der Waals surface area contributed by atoms with Crippen LogP contribution in [0.5, 0.6) is 0 Å². The number of aldehydes is 1. The monoisotopic (exact) mass is 138 g/mol. The first-order chi connectivity index (χ1) is 4.84. The van der Waals surface area contributed by atoms with Crippen molar-refractivity contribution in [1.82, 2.24) is 0 Å². The van der Waals surface area contributed by atoms with Crippen molar-refractivity contribution in [2.24, 2.45) is 5.92 Å². The first-order valence-corrected chi connectivity index (χ1v) is 3.97. The van der Waals surface area contributed by atoms with Crippen LogP contribution in [0.15, 0.2) is 11.6 Å². The van der Waals surface area contributed by atoms with Gasteiger partial charge in [0.1, 0.15) is 6.29 Å². The quantitative estimate of drug-likeness (QED) is 0.423. The van der Waals surface area contributed by atoms with E-state index in [9.17, 15) is 4.79 Å². The van der Waals surface area contributed by atoms with E-state index in [4.69, 9.17) is 0 Å². The van der Waals surface area contributed by atoms with Crippen molar-refractivity contribution in [2.45, 2.75) is 32.6 Å². The van der Waals surface area contributed by atoms with Crippen LogP contribution in [0.4, 0.5) is 0 Å². The highest BCUT2D eigenvalue weighted by Crippen LogP contribution is 2.25. The Morgan fingerprint density at radius 3 is 3.20 bits per heavy atom. The number of rotatable bonds is 2. The SMILES string of the molecule is CC1CCCC=C1CC=O. The lowest BCUT2D eigenvalue weighted by molar-refractivity contribution is -0.107. The zero-order valence-electron chi connectivity index (χ0n) is 6.47. The van der Waals surface area contributed by atoms with Gasteiger partial charge in [0.2, 0.25) is 0 Å². The second kappa shape index (κ2) is 3.55. The number of hydrogen-bond donors (Lipinski definition) is 0. The van der Waals surface area contributed by atoms with E-state index >= 15 is 0 Å². The Labute approximate surface area is 62.1 Å². The molecule has 1 aliphatic rings.